The Bertz CT molecular complexity index is 766. The number of piperidine rings is 1. The molecule has 0 bridgehead atoms. The van der Waals surface area contributed by atoms with E-state index in [9.17, 15) is 0 Å². The number of hydrogen-bond donors (Lipinski definition) is 1. The number of nitrogens with zero attached hydrogens (tertiary/aromatic N) is 6. The Labute approximate surface area is 184 Å². The smallest absolute Gasteiger partial charge is 0.316 e. The molecule has 1 aliphatic carbocycles. The monoisotopic (exact) mass is 441 g/mol. The third kappa shape index (κ3) is 5.58. The van der Waals surface area contributed by atoms with E-state index < -0.39 is 0 Å². The van der Waals surface area contributed by atoms with Crippen LogP contribution in [0.15, 0.2) is 24.5 Å². The molecule has 160 valence electrons. The highest BCUT2D eigenvalue weighted by Gasteiger charge is 2.30. The van der Waals surface area contributed by atoms with Crippen molar-refractivity contribution in [3.63, 3.8) is 0 Å². The maximum absolute atomic E-state index is 5.98. The van der Waals surface area contributed by atoms with Crippen molar-refractivity contribution in [2.75, 3.05) is 37.0 Å². The van der Waals surface area contributed by atoms with E-state index in [0.29, 0.717) is 18.0 Å². The van der Waals surface area contributed by atoms with Crippen LogP contribution in [-0.4, -0.2) is 59.3 Å². The van der Waals surface area contributed by atoms with Crippen LogP contribution in [0, 0.1) is 0 Å². The summed E-state index contributed by atoms with van der Waals surface area (Å²) in [5, 5.41) is 0. The van der Waals surface area contributed by atoms with E-state index in [1.807, 2.05) is 19.0 Å². The van der Waals surface area contributed by atoms with Crippen LogP contribution in [0.1, 0.15) is 37.3 Å². The summed E-state index contributed by atoms with van der Waals surface area (Å²) in [7, 11) is 3.96. The van der Waals surface area contributed by atoms with Crippen LogP contribution < -0.4 is 20.3 Å². The minimum Gasteiger partial charge on any atom is -0.460 e. The molecule has 1 aliphatic heterocycles. The molecule has 29 heavy (non-hydrogen) atoms. The SMILES string of the molecule is CN(C)c1nc(C2CC(N)C2)cc(N2CCC(Oc3ncccn3)CC2)n1.Cl.Cl. The average Bonchev–Trinajstić information content (AvgIpc) is 2.66. The minimum absolute atomic E-state index is 0. The second-order valence-corrected chi connectivity index (χ2v) is 7.61. The predicted molar refractivity (Wildman–Crippen MR) is 119 cm³/mol. The topological polar surface area (TPSA) is 93.3 Å². The third-order valence-electron chi connectivity index (χ3n) is 5.29. The Morgan fingerprint density at radius 1 is 1.07 bits per heavy atom. The Morgan fingerprint density at radius 3 is 2.31 bits per heavy atom. The molecule has 8 nitrogen and oxygen atoms in total. The van der Waals surface area contributed by atoms with Crippen molar-refractivity contribution >= 4 is 36.6 Å². The zero-order valence-corrected chi connectivity index (χ0v) is 18.4. The Balaban J connectivity index is 0.00000150. The van der Waals surface area contributed by atoms with Gasteiger partial charge in [0, 0.05) is 70.4 Å². The summed E-state index contributed by atoms with van der Waals surface area (Å²) in [5.41, 5.74) is 7.09. The van der Waals surface area contributed by atoms with Crippen molar-refractivity contribution in [2.24, 2.45) is 5.73 Å². The normalized spacial score (nSPS) is 21.4. The number of anilines is 2. The summed E-state index contributed by atoms with van der Waals surface area (Å²) in [6.45, 7) is 1.79. The molecule has 0 spiro atoms. The fraction of sp³-hybridized carbons (Fsp3) is 0.579. The zero-order valence-electron chi connectivity index (χ0n) is 16.8. The minimum atomic E-state index is 0. The lowest BCUT2D eigenvalue weighted by molar-refractivity contribution is 0.156. The first kappa shape index (κ1) is 23.4. The molecule has 4 rings (SSSR count). The van der Waals surface area contributed by atoms with Crippen LogP contribution in [-0.2, 0) is 0 Å². The highest BCUT2D eigenvalue weighted by molar-refractivity contribution is 5.85. The first-order valence-electron chi connectivity index (χ1n) is 9.59. The quantitative estimate of drug-likeness (QED) is 0.755. The van der Waals surface area contributed by atoms with Crippen molar-refractivity contribution in [1.29, 1.82) is 0 Å². The fourth-order valence-electron chi connectivity index (χ4n) is 3.61. The summed E-state index contributed by atoms with van der Waals surface area (Å²) >= 11 is 0. The summed E-state index contributed by atoms with van der Waals surface area (Å²) in [6, 6.07) is 4.70. The third-order valence-corrected chi connectivity index (χ3v) is 5.29. The lowest BCUT2D eigenvalue weighted by Crippen LogP contribution is -2.39. The van der Waals surface area contributed by atoms with Crippen LogP contribution >= 0.6 is 24.8 Å². The second-order valence-electron chi connectivity index (χ2n) is 7.61. The van der Waals surface area contributed by atoms with Gasteiger partial charge in [-0.05, 0) is 18.9 Å². The standard InChI is InChI=1S/C19H27N7O.2ClH/c1-25(2)18-23-16(13-10-14(20)11-13)12-17(24-18)26-8-4-15(5-9-26)27-19-21-6-3-7-22-19;;/h3,6-7,12-15H,4-5,8-11,20H2,1-2H3;2*1H. The van der Waals surface area contributed by atoms with E-state index in [1.165, 1.54) is 0 Å². The van der Waals surface area contributed by atoms with Crippen molar-refractivity contribution in [1.82, 2.24) is 19.9 Å². The second kappa shape index (κ2) is 10.2. The number of hydrogen-bond acceptors (Lipinski definition) is 8. The molecule has 1 saturated heterocycles. The molecule has 0 aromatic carbocycles. The Kier molecular flexibility index (Phi) is 8.24. The highest BCUT2D eigenvalue weighted by Crippen LogP contribution is 2.36. The van der Waals surface area contributed by atoms with Gasteiger partial charge in [0.2, 0.25) is 5.95 Å². The van der Waals surface area contributed by atoms with Gasteiger partial charge >= 0.3 is 6.01 Å². The summed E-state index contributed by atoms with van der Waals surface area (Å²) in [4.78, 5) is 22.1. The maximum atomic E-state index is 5.98. The van der Waals surface area contributed by atoms with Crippen LogP contribution in [0.5, 0.6) is 6.01 Å². The molecule has 0 unspecified atom stereocenters. The maximum Gasteiger partial charge on any atom is 0.316 e. The molecule has 2 aromatic rings. The molecule has 2 aliphatic rings. The molecule has 2 N–H and O–H groups in total. The predicted octanol–water partition coefficient (Wildman–Crippen LogP) is 2.43. The first-order valence-corrected chi connectivity index (χ1v) is 9.59. The number of nitrogens with two attached hydrogens (primary N) is 1. The fourth-order valence-corrected chi connectivity index (χ4v) is 3.61. The van der Waals surface area contributed by atoms with E-state index in [1.54, 1.807) is 18.5 Å². The van der Waals surface area contributed by atoms with Crippen LogP contribution in [0.4, 0.5) is 11.8 Å². The van der Waals surface area contributed by atoms with Crippen molar-refractivity contribution < 1.29 is 4.74 Å². The van der Waals surface area contributed by atoms with E-state index in [-0.39, 0.29) is 30.9 Å². The first-order chi connectivity index (χ1) is 13.1. The molecule has 0 radical (unpaired) electrons. The lowest BCUT2D eigenvalue weighted by atomic mass is 9.78. The van der Waals surface area contributed by atoms with Crippen LogP contribution in [0.2, 0.25) is 0 Å². The van der Waals surface area contributed by atoms with Gasteiger partial charge in [-0.3, -0.25) is 0 Å². The van der Waals surface area contributed by atoms with Crippen LogP contribution in [0.3, 0.4) is 0 Å². The molecule has 2 aromatic heterocycles. The number of halogens is 2. The molecular weight excluding hydrogens is 413 g/mol. The highest BCUT2D eigenvalue weighted by atomic mass is 35.5. The van der Waals surface area contributed by atoms with E-state index in [2.05, 4.69) is 20.9 Å². The van der Waals surface area contributed by atoms with Gasteiger partial charge in [0.1, 0.15) is 11.9 Å². The lowest BCUT2D eigenvalue weighted by Gasteiger charge is -2.35. The number of rotatable bonds is 5. The summed E-state index contributed by atoms with van der Waals surface area (Å²) in [6.07, 6.45) is 7.41. The summed E-state index contributed by atoms with van der Waals surface area (Å²) < 4.78 is 5.90. The molecule has 0 amide bonds. The van der Waals surface area contributed by atoms with Gasteiger partial charge in [-0.25, -0.2) is 15.0 Å². The summed E-state index contributed by atoms with van der Waals surface area (Å²) in [5.74, 6) is 2.22. The van der Waals surface area contributed by atoms with Gasteiger partial charge in [-0.2, -0.15) is 4.98 Å². The largest absolute Gasteiger partial charge is 0.460 e. The average molecular weight is 442 g/mol. The Hall–Kier alpha value is -1.90. The van der Waals surface area contributed by atoms with Gasteiger partial charge in [0.15, 0.2) is 0 Å². The molecule has 1 saturated carbocycles. The van der Waals surface area contributed by atoms with Crippen molar-refractivity contribution in [3.05, 3.63) is 30.2 Å². The molecule has 2 fully saturated rings. The molecule has 0 atom stereocenters. The number of aromatic nitrogens is 4. The van der Waals surface area contributed by atoms with Gasteiger partial charge in [0.25, 0.3) is 0 Å². The van der Waals surface area contributed by atoms with E-state index in [4.69, 9.17) is 20.4 Å². The van der Waals surface area contributed by atoms with E-state index in [0.717, 1.165) is 56.2 Å². The van der Waals surface area contributed by atoms with Gasteiger partial charge in [-0.15, -0.1) is 24.8 Å². The zero-order chi connectivity index (χ0) is 18.8. The van der Waals surface area contributed by atoms with Gasteiger partial charge in [-0.1, -0.05) is 0 Å². The van der Waals surface area contributed by atoms with Gasteiger partial charge in [0.05, 0.1) is 5.69 Å². The number of ether oxygens (including phenoxy) is 1. The van der Waals surface area contributed by atoms with E-state index >= 15 is 0 Å². The molecular formula is C19H29Cl2N7O. The van der Waals surface area contributed by atoms with Crippen molar-refractivity contribution in [2.45, 2.75) is 43.7 Å². The van der Waals surface area contributed by atoms with Crippen LogP contribution in [0.25, 0.3) is 0 Å². The van der Waals surface area contributed by atoms with Gasteiger partial charge < -0.3 is 20.3 Å². The Morgan fingerprint density at radius 2 is 1.72 bits per heavy atom. The molecule has 3 heterocycles. The molecule has 10 heteroatoms. The van der Waals surface area contributed by atoms with Crippen molar-refractivity contribution in [3.8, 4) is 6.01 Å².